The molecule has 0 saturated carbocycles. The Labute approximate surface area is 107 Å². The van der Waals surface area contributed by atoms with Crippen LogP contribution < -0.4 is 10.2 Å². The molecule has 0 bridgehead atoms. The maximum Gasteiger partial charge on any atom is 0.149 e. The SMILES string of the molecule is CCN(Cc1ccncc1)c1cncc(NC)n1. The Balaban J connectivity index is 2.17. The normalized spacial score (nSPS) is 10.1. The second kappa shape index (κ2) is 5.95. The van der Waals surface area contributed by atoms with Gasteiger partial charge in [0, 0.05) is 32.5 Å². The molecule has 0 amide bonds. The molecule has 5 heteroatoms. The van der Waals surface area contributed by atoms with Crippen molar-refractivity contribution in [3.05, 3.63) is 42.5 Å². The Morgan fingerprint density at radius 1 is 1.17 bits per heavy atom. The van der Waals surface area contributed by atoms with Gasteiger partial charge in [-0.1, -0.05) is 0 Å². The van der Waals surface area contributed by atoms with E-state index in [0.29, 0.717) is 0 Å². The van der Waals surface area contributed by atoms with Crippen LogP contribution >= 0.6 is 0 Å². The Morgan fingerprint density at radius 3 is 2.61 bits per heavy atom. The molecule has 0 fully saturated rings. The van der Waals surface area contributed by atoms with Gasteiger partial charge in [0.2, 0.25) is 0 Å². The van der Waals surface area contributed by atoms with Gasteiger partial charge < -0.3 is 10.2 Å². The van der Waals surface area contributed by atoms with Gasteiger partial charge in [-0.2, -0.15) is 0 Å². The van der Waals surface area contributed by atoms with Gasteiger partial charge in [-0.15, -0.1) is 0 Å². The predicted molar refractivity (Wildman–Crippen MR) is 72.5 cm³/mol. The minimum Gasteiger partial charge on any atom is -0.372 e. The lowest BCUT2D eigenvalue weighted by Crippen LogP contribution is -2.23. The summed E-state index contributed by atoms with van der Waals surface area (Å²) in [5, 5.41) is 3.00. The van der Waals surface area contributed by atoms with Gasteiger partial charge in [0.15, 0.2) is 0 Å². The number of rotatable bonds is 5. The highest BCUT2D eigenvalue weighted by Crippen LogP contribution is 2.14. The molecule has 2 rings (SSSR count). The van der Waals surface area contributed by atoms with Gasteiger partial charge in [-0.05, 0) is 24.6 Å². The van der Waals surface area contributed by atoms with Gasteiger partial charge in [-0.3, -0.25) is 9.97 Å². The van der Waals surface area contributed by atoms with Crippen molar-refractivity contribution in [3.63, 3.8) is 0 Å². The Kier molecular flexibility index (Phi) is 4.06. The van der Waals surface area contributed by atoms with Crippen molar-refractivity contribution in [2.75, 3.05) is 23.8 Å². The topological polar surface area (TPSA) is 53.9 Å². The summed E-state index contributed by atoms with van der Waals surface area (Å²) >= 11 is 0. The van der Waals surface area contributed by atoms with Crippen molar-refractivity contribution >= 4 is 11.6 Å². The zero-order valence-corrected chi connectivity index (χ0v) is 10.7. The summed E-state index contributed by atoms with van der Waals surface area (Å²) in [5.74, 6) is 1.65. The molecule has 0 spiro atoms. The number of anilines is 2. The number of nitrogens with zero attached hydrogens (tertiary/aromatic N) is 4. The van der Waals surface area contributed by atoms with Crippen LogP contribution in [0.25, 0.3) is 0 Å². The first-order valence-corrected chi connectivity index (χ1v) is 5.97. The Morgan fingerprint density at radius 2 is 1.94 bits per heavy atom. The number of hydrogen-bond acceptors (Lipinski definition) is 5. The molecule has 0 aromatic carbocycles. The van der Waals surface area contributed by atoms with Crippen molar-refractivity contribution in [2.24, 2.45) is 0 Å². The van der Waals surface area contributed by atoms with E-state index in [4.69, 9.17) is 0 Å². The fourth-order valence-electron chi connectivity index (χ4n) is 1.69. The number of aromatic nitrogens is 3. The van der Waals surface area contributed by atoms with Crippen molar-refractivity contribution < 1.29 is 0 Å². The molecule has 0 saturated heterocycles. The molecule has 0 unspecified atom stereocenters. The number of pyridine rings is 1. The van der Waals surface area contributed by atoms with E-state index in [9.17, 15) is 0 Å². The molecule has 0 radical (unpaired) electrons. The summed E-state index contributed by atoms with van der Waals surface area (Å²) in [4.78, 5) is 14.9. The highest BCUT2D eigenvalue weighted by atomic mass is 15.2. The molecule has 0 atom stereocenters. The van der Waals surface area contributed by atoms with E-state index in [1.807, 2.05) is 19.2 Å². The molecule has 2 aromatic heterocycles. The van der Waals surface area contributed by atoms with Crippen LogP contribution in [0.4, 0.5) is 11.6 Å². The van der Waals surface area contributed by atoms with E-state index >= 15 is 0 Å². The molecule has 0 aliphatic rings. The fraction of sp³-hybridized carbons (Fsp3) is 0.308. The number of hydrogen-bond donors (Lipinski definition) is 1. The van der Waals surface area contributed by atoms with Gasteiger partial charge in [0.1, 0.15) is 11.6 Å². The van der Waals surface area contributed by atoms with Crippen LogP contribution in [0.15, 0.2) is 36.9 Å². The highest BCUT2D eigenvalue weighted by molar-refractivity contribution is 5.43. The average Bonchev–Trinajstić information content (AvgIpc) is 2.46. The predicted octanol–water partition coefficient (Wildman–Crippen LogP) is 1.94. The minimum absolute atomic E-state index is 0.778. The van der Waals surface area contributed by atoms with Crippen LogP contribution in [0.2, 0.25) is 0 Å². The largest absolute Gasteiger partial charge is 0.372 e. The first-order valence-electron chi connectivity index (χ1n) is 5.97. The monoisotopic (exact) mass is 243 g/mol. The maximum absolute atomic E-state index is 4.50. The third kappa shape index (κ3) is 2.94. The molecular formula is C13H17N5. The van der Waals surface area contributed by atoms with Crippen molar-refractivity contribution in [2.45, 2.75) is 13.5 Å². The van der Waals surface area contributed by atoms with E-state index < -0.39 is 0 Å². The van der Waals surface area contributed by atoms with E-state index in [1.54, 1.807) is 24.8 Å². The van der Waals surface area contributed by atoms with Crippen molar-refractivity contribution in [1.29, 1.82) is 0 Å². The summed E-state index contributed by atoms with van der Waals surface area (Å²) in [6.45, 7) is 3.79. The maximum atomic E-state index is 4.50. The van der Waals surface area contributed by atoms with Crippen LogP contribution in [0.1, 0.15) is 12.5 Å². The summed E-state index contributed by atoms with van der Waals surface area (Å²) < 4.78 is 0. The lowest BCUT2D eigenvalue weighted by atomic mass is 10.2. The van der Waals surface area contributed by atoms with Gasteiger partial charge >= 0.3 is 0 Å². The summed E-state index contributed by atoms with van der Waals surface area (Å²) in [7, 11) is 1.84. The van der Waals surface area contributed by atoms with Crippen LogP contribution in [0.3, 0.4) is 0 Å². The van der Waals surface area contributed by atoms with E-state index in [2.05, 4.69) is 32.1 Å². The lowest BCUT2D eigenvalue weighted by Gasteiger charge is -2.21. The fourth-order valence-corrected chi connectivity index (χ4v) is 1.69. The highest BCUT2D eigenvalue weighted by Gasteiger charge is 2.07. The van der Waals surface area contributed by atoms with Crippen LogP contribution in [0, 0.1) is 0 Å². The van der Waals surface area contributed by atoms with Crippen molar-refractivity contribution in [1.82, 2.24) is 15.0 Å². The smallest absolute Gasteiger partial charge is 0.149 e. The molecule has 2 heterocycles. The summed E-state index contributed by atoms with van der Waals surface area (Å²) in [6, 6.07) is 4.02. The van der Waals surface area contributed by atoms with Crippen LogP contribution in [-0.4, -0.2) is 28.5 Å². The summed E-state index contributed by atoms with van der Waals surface area (Å²) in [5.41, 5.74) is 1.21. The third-order valence-electron chi connectivity index (χ3n) is 2.71. The Bertz CT molecular complexity index is 486. The second-order valence-corrected chi connectivity index (χ2v) is 3.88. The van der Waals surface area contributed by atoms with Gasteiger partial charge in [0.25, 0.3) is 0 Å². The van der Waals surface area contributed by atoms with Crippen LogP contribution in [-0.2, 0) is 6.54 Å². The zero-order chi connectivity index (χ0) is 12.8. The molecule has 0 aliphatic heterocycles. The van der Waals surface area contributed by atoms with Gasteiger partial charge in [-0.25, -0.2) is 4.98 Å². The molecular weight excluding hydrogens is 226 g/mol. The van der Waals surface area contributed by atoms with E-state index in [0.717, 1.165) is 24.7 Å². The van der Waals surface area contributed by atoms with E-state index in [-0.39, 0.29) is 0 Å². The molecule has 94 valence electrons. The average molecular weight is 243 g/mol. The molecule has 2 aromatic rings. The standard InChI is InChI=1S/C13H17N5/c1-3-18(10-11-4-6-15-7-5-11)13-9-16-8-12(14-2)17-13/h4-9H,3,10H2,1-2H3,(H,14,17). The third-order valence-corrected chi connectivity index (χ3v) is 2.71. The molecule has 1 N–H and O–H groups in total. The molecule has 0 aliphatic carbocycles. The second-order valence-electron chi connectivity index (χ2n) is 3.88. The molecule has 5 nitrogen and oxygen atoms in total. The summed E-state index contributed by atoms with van der Waals surface area (Å²) in [6.07, 6.45) is 7.10. The first-order chi connectivity index (χ1) is 8.83. The minimum atomic E-state index is 0.778. The quantitative estimate of drug-likeness (QED) is 0.869. The van der Waals surface area contributed by atoms with Crippen LogP contribution in [0.5, 0.6) is 0 Å². The van der Waals surface area contributed by atoms with Crippen molar-refractivity contribution in [3.8, 4) is 0 Å². The molecule has 18 heavy (non-hydrogen) atoms. The van der Waals surface area contributed by atoms with E-state index in [1.165, 1.54) is 5.56 Å². The Hall–Kier alpha value is -2.17. The zero-order valence-electron chi connectivity index (χ0n) is 10.7. The lowest BCUT2D eigenvalue weighted by molar-refractivity contribution is 0.808. The first kappa shape index (κ1) is 12.3. The van der Waals surface area contributed by atoms with Gasteiger partial charge in [0.05, 0.1) is 12.4 Å². The number of nitrogens with one attached hydrogen (secondary N) is 1.